The van der Waals surface area contributed by atoms with Gasteiger partial charge in [-0.05, 0) is 37.1 Å². The lowest BCUT2D eigenvalue weighted by Gasteiger charge is -2.32. The zero-order valence-electron chi connectivity index (χ0n) is 11.1. The van der Waals surface area contributed by atoms with Gasteiger partial charge in [-0.15, -0.1) is 11.3 Å². The van der Waals surface area contributed by atoms with Crippen LogP contribution in [0.3, 0.4) is 0 Å². The molecule has 2 atom stereocenters. The molecule has 0 spiro atoms. The second-order valence-corrected chi connectivity index (χ2v) is 5.95. The van der Waals surface area contributed by atoms with E-state index in [4.69, 9.17) is 4.74 Å². The molecule has 1 aliphatic rings. The van der Waals surface area contributed by atoms with E-state index in [1.165, 1.54) is 4.88 Å². The maximum atomic E-state index is 12.3. The minimum atomic E-state index is -0.472. The van der Waals surface area contributed by atoms with Gasteiger partial charge in [-0.2, -0.15) is 0 Å². The van der Waals surface area contributed by atoms with Gasteiger partial charge in [0.25, 0.3) is 0 Å². The van der Waals surface area contributed by atoms with Gasteiger partial charge in [0.1, 0.15) is 5.54 Å². The molecule has 3 nitrogen and oxygen atoms in total. The average Bonchev–Trinajstić information content (AvgIpc) is 2.97. The highest BCUT2D eigenvalue weighted by Gasteiger charge is 2.47. The van der Waals surface area contributed by atoms with Crippen LogP contribution in [0.4, 0.5) is 0 Å². The molecular weight excluding hydrogens is 246 g/mol. The Balaban J connectivity index is 2.07. The van der Waals surface area contributed by atoms with E-state index >= 15 is 0 Å². The Labute approximate surface area is 113 Å². The highest BCUT2D eigenvalue weighted by molar-refractivity contribution is 7.09. The number of nitrogens with one attached hydrogen (secondary N) is 1. The summed E-state index contributed by atoms with van der Waals surface area (Å²) in [5.74, 6) is 0.267. The fourth-order valence-electron chi connectivity index (χ4n) is 2.74. The fraction of sp³-hybridized carbons (Fsp3) is 0.643. The van der Waals surface area contributed by atoms with Crippen molar-refractivity contribution in [1.29, 1.82) is 0 Å². The molecule has 1 aromatic heterocycles. The zero-order valence-corrected chi connectivity index (χ0v) is 11.9. The van der Waals surface area contributed by atoms with E-state index in [0.717, 1.165) is 25.8 Å². The molecule has 4 heteroatoms. The lowest BCUT2D eigenvalue weighted by molar-refractivity contribution is -0.152. The molecular formula is C14H21NO2S. The van der Waals surface area contributed by atoms with Crippen molar-refractivity contribution in [2.24, 2.45) is 5.92 Å². The van der Waals surface area contributed by atoms with Crippen LogP contribution in [0.2, 0.25) is 0 Å². The lowest BCUT2D eigenvalue weighted by Crippen LogP contribution is -2.54. The quantitative estimate of drug-likeness (QED) is 0.834. The highest BCUT2D eigenvalue weighted by Crippen LogP contribution is 2.37. The molecule has 1 N–H and O–H groups in total. The number of hydrogen-bond donors (Lipinski definition) is 1. The van der Waals surface area contributed by atoms with Gasteiger partial charge in [-0.1, -0.05) is 19.4 Å². The zero-order chi connectivity index (χ0) is 13.0. The molecule has 0 amide bonds. The normalized spacial score (nSPS) is 27.3. The van der Waals surface area contributed by atoms with E-state index in [2.05, 4.69) is 23.7 Å². The number of carbonyl (C=O) groups is 1. The Bertz CT molecular complexity index is 391. The Morgan fingerprint density at radius 1 is 1.67 bits per heavy atom. The summed E-state index contributed by atoms with van der Waals surface area (Å²) in [5.41, 5.74) is -0.472. The predicted octanol–water partition coefficient (Wildman–Crippen LogP) is 2.96. The topological polar surface area (TPSA) is 38.3 Å². The van der Waals surface area contributed by atoms with E-state index in [1.54, 1.807) is 11.3 Å². The molecule has 2 unspecified atom stereocenters. The SMILES string of the molecule is CCOC(=O)C1(NCc2cccs2)CCCC1C. The third kappa shape index (κ3) is 2.59. The molecule has 0 bridgehead atoms. The molecule has 2 rings (SSSR count). The van der Waals surface area contributed by atoms with E-state index in [0.29, 0.717) is 12.5 Å². The number of hydrogen-bond acceptors (Lipinski definition) is 4. The number of rotatable bonds is 5. The Morgan fingerprint density at radius 2 is 2.50 bits per heavy atom. The van der Waals surface area contributed by atoms with Crippen LogP contribution in [-0.4, -0.2) is 18.1 Å². The Kier molecular flexibility index (Phi) is 4.40. The minimum absolute atomic E-state index is 0.0773. The maximum absolute atomic E-state index is 12.3. The van der Waals surface area contributed by atoms with Gasteiger partial charge in [-0.3, -0.25) is 10.1 Å². The smallest absolute Gasteiger partial charge is 0.326 e. The van der Waals surface area contributed by atoms with Crippen LogP contribution in [0, 0.1) is 5.92 Å². The van der Waals surface area contributed by atoms with E-state index < -0.39 is 5.54 Å². The first-order chi connectivity index (χ1) is 8.69. The summed E-state index contributed by atoms with van der Waals surface area (Å²) in [6, 6.07) is 4.13. The molecule has 1 fully saturated rings. The highest BCUT2D eigenvalue weighted by atomic mass is 32.1. The van der Waals surface area contributed by atoms with E-state index in [9.17, 15) is 4.79 Å². The van der Waals surface area contributed by atoms with Gasteiger partial charge in [0, 0.05) is 11.4 Å². The lowest BCUT2D eigenvalue weighted by atomic mass is 9.88. The van der Waals surface area contributed by atoms with Gasteiger partial charge in [0.15, 0.2) is 0 Å². The van der Waals surface area contributed by atoms with E-state index in [-0.39, 0.29) is 5.97 Å². The van der Waals surface area contributed by atoms with Gasteiger partial charge in [0.05, 0.1) is 6.61 Å². The van der Waals surface area contributed by atoms with Crippen LogP contribution in [0.15, 0.2) is 17.5 Å². The van der Waals surface area contributed by atoms with Crippen molar-refractivity contribution in [2.45, 2.75) is 45.2 Å². The molecule has 0 aromatic carbocycles. The van der Waals surface area contributed by atoms with Crippen molar-refractivity contribution >= 4 is 17.3 Å². The number of thiophene rings is 1. The first-order valence-corrected chi connectivity index (χ1v) is 7.51. The second-order valence-electron chi connectivity index (χ2n) is 4.92. The molecule has 100 valence electrons. The number of carbonyl (C=O) groups excluding carboxylic acids is 1. The van der Waals surface area contributed by atoms with Crippen molar-refractivity contribution in [1.82, 2.24) is 5.32 Å². The van der Waals surface area contributed by atoms with Crippen molar-refractivity contribution in [3.63, 3.8) is 0 Å². The second kappa shape index (κ2) is 5.85. The predicted molar refractivity (Wildman–Crippen MR) is 73.5 cm³/mol. The molecule has 0 aliphatic heterocycles. The number of esters is 1. The first kappa shape index (κ1) is 13.6. The summed E-state index contributed by atoms with van der Waals surface area (Å²) < 4.78 is 5.27. The molecule has 1 saturated carbocycles. The van der Waals surface area contributed by atoms with Gasteiger partial charge < -0.3 is 4.74 Å². The average molecular weight is 267 g/mol. The van der Waals surface area contributed by atoms with Crippen molar-refractivity contribution < 1.29 is 9.53 Å². The summed E-state index contributed by atoms with van der Waals surface area (Å²) in [5, 5.41) is 5.53. The van der Waals surface area contributed by atoms with Crippen LogP contribution in [0.1, 0.15) is 38.0 Å². The summed E-state index contributed by atoms with van der Waals surface area (Å²) in [6.07, 6.45) is 3.08. The van der Waals surface area contributed by atoms with Gasteiger partial charge in [-0.25, -0.2) is 0 Å². The maximum Gasteiger partial charge on any atom is 0.326 e. The fourth-order valence-corrected chi connectivity index (χ4v) is 3.38. The van der Waals surface area contributed by atoms with Crippen LogP contribution >= 0.6 is 11.3 Å². The summed E-state index contributed by atoms with van der Waals surface area (Å²) in [4.78, 5) is 13.5. The number of ether oxygens (including phenoxy) is 1. The Hall–Kier alpha value is -0.870. The van der Waals surface area contributed by atoms with Crippen LogP contribution in [-0.2, 0) is 16.1 Å². The van der Waals surface area contributed by atoms with Gasteiger partial charge >= 0.3 is 5.97 Å². The van der Waals surface area contributed by atoms with Gasteiger partial charge in [0.2, 0.25) is 0 Å². The standard InChI is InChI=1S/C14H21NO2S/c1-3-17-13(16)14(8-4-6-11(14)2)15-10-12-7-5-9-18-12/h5,7,9,11,15H,3-4,6,8,10H2,1-2H3. The van der Waals surface area contributed by atoms with Crippen molar-refractivity contribution in [2.75, 3.05) is 6.61 Å². The van der Waals surface area contributed by atoms with Crippen LogP contribution in [0.5, 0.6) is 0 Å². The summed E-state index contributed by atoms with van der Waals surface area (Å²) >= 11 is 1.72. The third-order valence-corrected chi connectivity index (χ3v) is 4.72. The first-order valence-electron chi connectivity index (χ1n) is 6.63. The molecule has 1 aliphatic carbocycles. The molecule has 1 heterocycles. The third-order valence-electron chi connectivity index (χ3n) is 3.85. The monoisotopic (exact) mass is 267 g/mol. The minimum Gasteiger partial charge on any atom is -0.465 e. The summed E-state index contributed by atoms with van der Waals surface area (Å²) in [6.45, 7) is 5.21. The Morgan fingerprint density at radius 3 is 3.06 bits per heavy atom. The van der Waals surface area contributed by atoms with Crippen LogP contribution < -0.4 is 5.32 Å². The van der Waals surface area contributed by atoms with Crippen molar-refractivity contribution in [3.05, 3.63) is 22.4 Å². The van der Waals surface area contributed by atoms with Crippen LogP contribution in [0.25, 0.3) is 0 Å². The molecule has 0 radical (unpaired) electrons. The largest absolute Gasteiger partial charge is 0.465 e. The molecule has 1 aromatic rings. The summed E-state index contributed by atoms with van der Waals surface area (Å²) in [7, 11) is 0. The van der Waals surface area contributed by atoms with Crippen molar-refractivity contribution in [3.8, 4) is 0 Å². The molecule has 0 saturated heterocycles. The molecule has 18 heavy (non-hydrogen) atoms. The van der Waals surface area contributed by atoms with E-state index in [1.807, 2.05) is 13.0 Å².